The molecule has 0 spiro atoms. The Morgan fingerprint density at radius 1 is 1.55 bits per heavy atom. The van der Waals surface area contributed by atoms with E-state index in [1.807, 2.05) is 24.3 Å². The molecule has 5 heteroatoms. The van der Waals surface area contributed by atoms with Crippen LogP contribution in [0.15, 0.2) is 29.3 Å². The number of likely N-dealkylation sites (tertiary alicyclic amines) is 1. The molecule has 1 unspecified atom stereocenters. The van der Waals surface area contributed by atoms with E-state index in [0.717, 1.165) is 23.7 Å². The lowest BCUT2D eigenvalue weighted by molar-refractivity contribution is 0.267. The summed E-state index contributed by atoms with van der Waals surface area (Å²) in [7, 11) is 0. The Kier molecular flexibility index (Phi) is 5.68. The SMILES string of the molecule is CCN1CCCC1CNC(N)=NCc1cccc(Cl)c1. The van der Waals surface area contributed by atoms with Crippen LogP contribution in [0.25, 0.3) is 0 Å². The zero-order chi connectivity index (χ0) is 14.4. The van der Waals surface area contributed by atoms with Gasteiger partial charge < -0.3 is 11.1 Å². The zero-order valence-electron chi connectivity index (χ0n) is 12.0. The Balaban J connectivity index is 1.79. The molecule has 2 rings (SSSR count). The number of aliphatic imine (C=N–C) groups is 1. The largest absolute Gasteiger partial charge is 0.370 e. The van der Waals surface area contributed by atoms with Crippen LogP contribution in [0.3, 0.4) is 0 Å². The molecule has 1 aliphatic heterocycles. The highest BCUT2D eigenvalue weighted by molar-refractivity contribution is 6.30. The summed E-state index contributed by atoms with van der Waals surface area (Å²) in [5.41, 5.74) is 6.98. The second-order valence-electron chi connectivity index (χ2n) is 5.14. The number of nitrogens with one attached hydrogen (secondary N) is 1. The molecule has 0 radical (unpaired) electrons. The van der Waals surface area contributed by atoms with Gasteiger partial charge in [0.1, 0.15) is 0 Å². The first kappa shape index (κ1) is 15.1. The van der Waals surface area contributed by atoms with Gasteiger partial charge >= 0.3 is 0 Å². The van der Waals surface area contributed by atoms with E-state index in [-0.39, 0.29) is 0 Å². The van der Waals surface area contributed by atoms with Crippen LogP contribution in [0, 0.1) is 0 Å². The van der Waals surface area contributed by atoms with Crippen LogP contribution < -0.4 is 11.1 Å². The van der Waals surface area contributed by atoms with Crippen molar-refractivity contribution in [3.8, 4) is 0 Å². The van der Waals surface area contributed by atoms with Crippen LogP contribution in [0.4, 0.5) is 0 Å². The molecule has 20 heavy (non-hydrogen) atoms. The average molecular weight is 295 g/mol. The molecule has 1 aliphatic rings. The monoisotopic (exact) mass is 294 g/mol. The molecule has 1 saturated heterocycles. The van der Waals surface area contributed by atoms with Crippen molar-refractivity contribution in [3.05, 3.63) is 34.9 Å². The number of hydrogen-bond donors (Lipinski definition) is 2. The fraction of sp³-hybridized carbons (Fsp3) is 0.533. The average Bonchev–Trinajstić information content (AvgIpc) is 2.90. The summed E-state index contributed by atoms with van der Waals surface area (Å²) in [6, 6.07) is 8.27. The zero-order valence-corrected chi connectivity index (χ0v) is 12.7. The first-order valence-corrected chi connectivity index (χ1v) is 7.59. The third kappa shape index (κ3) is 4.39. The highest BCUT2D eigenvalue weighted by Gasteiger charge is 2.22. The van der Waals surface area contributed by atoms with Crippen molar-refractivity contribution in [2.75, 3.05) is 19.6 Å². The lowest BCUT2D eigenvalue weighted by Crippen LogP contribution is -2.42. The number of nitrogens with zero attached hydrogens (tertiary/aromatic N) is 2. The minimum atomic E-state index is 0.507. The van der Waals surface area contributed by atoms with E-state index in [1.165, 1.54) is 19.4 Å². The minimum absolute atomic E-state index is 0.507. The van der Waals surface area contributed by atoms with Crippen LogP contribution in [0.2, 0.25) is 5.02 Å². The minimum Gasteiger partial charge on any atom is -0.370 e. The molecule has 3 N–H and O–H groups in total. The molecule has 0 aromatic heterocycles. The smallest absolute Gasteiger partial charge is 0.188 e. The Morgan fingerprint density at radius 3 is 3.15 bits per heavy atom. The van der Waals surface area contributed by atoms with Crippen molar-refractivity contribution >= 4 is 17.6 Å². The molecule has 1 aromatic carbocycles. The molecule has 1 heterocycles. The van der Waals surface area contributed by atoms with Gasteiger partial charge in [-0.1, -0.05) is 30.7 Å². The summed E-state index contributed by atoms with van der Waals surface area (Å²) in [4.78, 5) is 6.84. The highest BCUT2D eigenvalue weighted by Crippen LogP contribution is 2.15. The van der Waals surface area contributed by atoms with Crippen LogP contribution in [-0.2, 0) is 6.54 Å². The van der Waals surface area contributed by atoms with E-state index < -0.39 is 0 Å². The number of likely N-dealkylation sites (N-methyl/N-ethyl adjacent to an activating group) is 1. The van der Waals surface area contributed by atoms with Gasteiger partial charge in [-0.15, -0.1) is 0 Å². The second-order valence-corrected chi connectivity index (χ2v) is 5.57. The van der Waals surface area contributed by atoms with Crippen molar-refractivity contribution in [2.24, 2.45) is 10.7 Å². The van der Waals surface area contributed by atoms with Gasteiger partial charge in [0.05, 0.1) is 6.54 Å². The van der Waals surface area contributed by atoms with Gasteiger partial charge in [0, 0.05) is 17.6 Å². The first-order valence-electron chi connectivity index (χ1n) is 7.21. The van der Waals surface area contributed by atoms with Crippen molar-refractivity contribution in [3.63, 3.8) is 0 Å². The lowest BCUT2D eigenvalue weighted by atomic mass is 10.2. The summed E-state index contributed by atoms with van der Waals surface area (Å²) in [6.07, 6.45) is 2.52. The first-order chi connectivity index (χ1) is 9.69. The molecule has 0 amide bonds. The molecule has 4 nitrogen and oxygen atoms in total. The van der Waals surface area contributed by atoms with E-state index in [9.17, 15) is 0 Å². The molecule has 1 atom stereocenters. The van der Waals surface area contributed by atoms with Crippen LogP contribution in [-0.4, -0.2) is 36.5 Å². The van der Waals surface area contributed by atoms with E-state index in [1.54, 1.807) is 0 Å². The topological polar surface area (TPSA) is 53.6 Å². The van der Waals surface area contributed by atoms with Crippen LogP contribution in [0.5, 0.6) is 0 Å². The number of guanidine groups is 1. The lowest BCUT2D eigenvalue weighted by Gasteiger charge is -2.23. The van der Waals surface area contributed by atoms with E-state index in [4.69, 9.17) is 17.3 Å². The van der Waals surface area contributed by atoms with Gasteiger partial charge in [0.25, 0.3) is 0 Å². The summed E-state index contributed by atoms with van der Waals surface area (Å²) in [5.74, 6) is 0.507. The van der Waals surface area contributed by atoms with Gasteiger partial charge in [0.2, 0.25) is 0 Å². The predicted octanol–water partition coefficient (Wildman–Crippen LogP) is 2.23. The molecule has 0 bridgehead atoms. The fourth-order valence-corrected chi connectivity index (χ4v) is 2.85. The van der Waals surface area contributed by atoms with Crippen molar-refractivity contribution in [2.45, 2.75) is 32.4 Å². The maximum atomic E-state index is 5.94. The van der Waals surface area contributed by atoms with E-state index in [2.05, 4.69) is 22.1 Å². The molecule has 0 saturated carbocycles. The summed E-state index contributed by atoms with van der Waals surface area (Å²) >= 11 is 5.94. The van der Waals surface area contributed by atoms with Crippen molar-refractivity contribution in [1.29, 1.82) is 0 Å². The number of benzene rings is 1. The summed E-state index contributed by atoms with van der Waals surface area (Å²) in [6.45, 7) is 5.93. The molecule has 110 valence electrons. The third-order valence-corrected chi connectivity index (χ3v) is 3.98. The van der Waals surface area contributed by atoms with Gasteiger partial charge in [0.15, 0.2) is 5.96 Å². The maximum Gasteiger partial charge on any atom is 0.188 e. The molecule has 1 aromatic rings. The van der Waals surface area contributed by atoms with E-state index in [0.29, 0.717) is 18.5 Å². The Bertz CT molecular complexity index is 461. The summed E-state index contributed by atoms with van der Waals surface area (Å²) in [5, 5.41) is 3.96. The van der Waals surface area contributed by atoms with Gasteiger partial charge in [-0.2, -0.15) is 0 Å². The predicted molar refractivity (Wildman–Crippen MR) is 85.1 cm³/mol. The molecular weight excluding hydrogens is 272 g/mol. The Labute approximate surface area is 126 Å². The van der Waals surface area contributed by atoms with E-state index >= 15 is 0 Å². The molecule has 1 fully saturated rings. The van der Waals surface area contributed by atoms with Gasteiger partial charge in [-0.05, 0) is 43.6 Å². The van der Waals surface area contributed by atoms with Crippen molar-refractivity contribution < 1.29 is 0 Å². The maximum absolute atomic E-state index is 5.94. The second kappa shape index (κ2) is 7.50. The quantitative estimate of drug-likeness (QED) is 0.647. The Hall–Kier alpha value is -1.26. The number of nitrogens with two attached hydrogens (primary N) is 1. The summed E-state index contributed by atoms with van der Waals surface area (Å²) < 4.78 is 0. The van der Waals surface area contributed by atoms with Crippen molar-refractivity contribution in [1.82, 2.24) is 10.2 Å². The fourth-order valence-electron chi connectivity index (χ4n) is 2.63. The highest BCUT2D eigenvalue weighted by atomic mass is 35.5. The number of rotatable bonds is 5. The van der Waals surface area contributed by atoms with Gasteiger partial charge in [-0.3, -0.25) is 4.90 Å². The number of hydrogen-bond acceptors (Lipinski definition) is 2. The molecular formula is C15H23ClN4. The van der Waals surface area contributed by atoms with Crippen LogP contribution in [0.1, 0.15) is 25.3 Å². The molecule has 0 aliphatic carbocycles. The van der Waals surface area contributed by atoms with Crippen LogP contribution >= 0.6 is 11.6 Å². The standard InChI is InChI=1S/C15H23ClN4/c1-2-20-8-4-7-14(20)11-19-15(17)18-10-12-5-3-6-13(16)9-12/h3,5-6,9,14H,2,4,7-8,10-11H2,1H3,(H3,17,18,19). The van der Waals surface area contributed by atoms with Gasteiger partial charge in [-0.25, -0.2) is 4.99 Å². The Morgan fingerprint density at radius 2 is 2.40 bits per heavy atom. The number of halogens is 1. The third-order valence-electron chi connectivity index (χ3n) is 3.75. The normalized spacial score (nSPS) is 20.3.